The Balaban J connectivity index is 1.44. The molecule has 0 spiro atoms. The van der Waals surface area contributed by atoms with Gasteiger partial charge in [-0.2, -0.15) is 0 Å². The van der Waals surface area contributed by atoms with Crippen molar-refractivity contribution >= 4 is 11.8 Å². The number of piperidine rings is 1. The minimum absolute atomic E-state index is 0.0442. The lowest BCUT2D eigenvalue weighted by Crippen LogP contribution is -2.44. The van der Waals surface area contributed by atoms with E-state index >= 15 is 0 Å². The highest BCUT2D eigenvalue weighted by atomic mass is 16.6. The largest absolute Gasteiger partial charge is 0.464 e. The van der Waals surface area contributed by atoms with Crippen LogP contribution in [0.4, 0.5) is 0 Å². The molecule has 0 saturated carbocycles. The fourth-order valence-electron chi connectivity index (χ4n) is 4.51. The van der Waals surface area contributed by atoms with Crippen molar-refractivity contribution in [2.45, 2.75) is 38.2 Å². The summed E-state index contributed by atoms with van der Waals surface area (Å²) in [5, 5.41) is 0. The molecule has 33 heavy (non-hydrogen) atoms. The highest BCUT2D eigenvalue weighted by Crippen LogP contribution is 2.41. The third-order valence-electron chi connectivity index (χ3n) is 6.30. The number of nitrogens with zero attached hydrogens (tertiary/aromatic N) is 1. The Morgan fingerprint density at radius 1 is 0.909 bits per heavy atom. The summed E-state index contributed by atoms with van der Waals surface area (Å²) < 4.78 is 15.9. The molecule has 1 unspecified atom stereocenters. The number of carbonyl (C=O) groups is 2. The first kappa shape index (κ1) is 25.1. The van der Waals surface area contributed by atoms with E-state index in [0.29, 0.717) is 13.2 Å². The van der Waals surface area contributed by atoms with Crippen LogP contribution in [0.2, 0.25) is 0 Å². The molecule has 3 rings (SSSR count). The summed E-state index contributed by atoms with van der Waals surface area (Å²) in [6.07, 6.45) is 0.952. The fraction of sp³-hybridized carbons (Fsp3) is 0.481. The van der Waals surface area contributed by atoms with Crippen molar-refractivity contribution in [2.24, 2.45) is 0 Å². The number of benzene rings is 2. The van der Waals surface area contributed by atoms with Gasteiger partial charge in [0, 0.05) is 12.0 Å². The number of hydrogen-bond donors (Lipinski definition) is 0. The van der Waals surface area contributed by atoms with Crippen LogP contribution in [0.5, 0.6) is 0 Å². The monoisotopic (exact) mass is 453 g/mol. The van der Waals surface area contributed by atoms with Crippen molar-refractivity contribution in [3.05, 3.63) is 71.8 Å². The van der Waals surface area contributed by atoms with Crippen molar-refractivity contribution in [1.82, 2.24) is 4.90 Å². The summed E-state index contributed by atoms with van der Waals surface area (Å²) >= 11 is 0. The number of esters is 1. The van der Waals surface area contributed by atoms with Crippen molar-refractivity contribution < 1.29 is 23.8 Å². The molecule has 0 N–H and O–H groups in total. The number of carbonyl (C=O) groups excluding carboxylic acids is 2. The van der Waals surface area contributed by atoms with E-state index in [0.717, 1.165) is 32.5 Å². The molecule has 1 saturated heterocycles. The lowest BCUT2D eigenvalue weighted by atomic mass is 9.68. The van der Waals surface area contributed by atoms with Crippen molar-refractivity contribution in [1.29, 1.82) is 0 Å². The zero-order chi connectivity index (χ0) is 23.5. The predicted octanol–water partition coefficient (Wildman–Crippen LogP) is 3.62. The van der Waals surface area contributed by atoms with Crippen LogP contribution in [-0.2, 0) is 29.2 Å². The Morgan fingerprint density at radius 3 is 2.00 bits per heavy atom. The zero-order valence-electron chi connectivity index (χ0n) is 19.7. The molecule has 0 amide bonds. The van der Waals surface area contributed by atoms with Gasteiger partial charge in [-0.15, -0.1) is 0 Å². The van der Waals surface area contributed by atoms with Gasteiger partial charge in [-0.25, -0.2) is 4.79 Å². The van der Waals surface area contributed by atoms with Gasteiger partial charge in [-0.05, 0) is 50.9 Å². The molecule has 178 valence electrons. The van der Waals surface area contributed by atoms with E-state index in [-0.39, 0.29) is 24.4 Å². The molecular formula is C27H35NO5. The van der Waals surface area contributed by atoms with Crippen molar-refractivity contribution in [2.75, 3.05) is 46.1 Å². The highest BCUT2D eigenvalue weighted by Gasteiger charge is 2.37. The standard InChI is InChI=1S/C27H35NO5/c1-3-32-26(30)25(22(2)29)33-21-20-31-19-18-28-16-14-27(15-17-28,23-10-6-4-7-11-23)24-12-8-5-9-13-24/h4-13,25H,3,14-21H2,1-2H3. The summed E-state index contributed by atoms with van der Waals surface area (Å²) in [4.78, 5) is 25.8. The second kappa shape index (κ2) is 12.6. The molecule has 1 heterocycles. The Kier molecular flexibility index (Phi) is 9.61. The minimum atomic E-state index is -1.17. The maximum Gasteiger partial charge on any atom is 0.343 e. The molecule has 2 aromatic rings. The Labute approximate surface area is 196 Å². The molecule has 1 atom stereocenters. The van der Waals surface area contributed by atoms with Crippen LogP contribution >= 0.6 is 0 Å². The lowest BCUT2D eigenvalue weighted by molar-refractivity contribution is -0.161. The quantitative estimate of drug-likeness (QED) is 0.278. The van der Waals surface area contributed by atoms with Gasteiger partial charge in [-0.1, -0.05) is 60.7 Å². The molecular weight excluding hydrogens is 418 g/mol. The molecule has 0 aliphatic carbocycles. The molecule has 2 aromatic carbocycles. The van der Waals surface area contributed by atoms with Crippen LogP contribution in [-0.4, -0.2) is 68.8 Å². The summed E-state index contributed by atoms with van der Waals surface area (Å²) in [5.74, 6) is -0.999. The first-order valence-electron chi connectivity index (χ1n) is 11.8. The van der Waals surface area contributed by atoms with Gasteiger partial charge in [0.15, 0.2) is 5.78 Å². The fourth-order valence-corrected chi connectivity index (χ4v) is 4.51. The molecule has 6 heteroatoms. The summed E-state index contributed by atoms with van der Waals surface area (Å²) in [7, 11) is 0. The summed E-state index contributed by atoms with van der Waals surface area (Å²) in [6, 6.07) is 21.6. The topological polar surface area (TPSA) is 65.1 Å². The molecule has 6 nitrogen and oxygen atoms in total. The third kappa shape index (κ3) is 6.73. The van der Waals surface area contributed by atoms with Gasteiger partial charge in [0.25, 0.3) is 0 Å². The molecule has 0 radical (unpaired) electrons. The first-order valence-corrected chi connectivity index (χ1v) is 11.8. The lowest BCUT2D eigenvalue weighted by Gasteiger charge is -2.43. The van der Waals surface area contributed by atoms with E-state index in [1.54, 1.807) is 6.92 Å². The Morgan fingerprint density at radius 2 is 1.48 bits per heavy atom. The van der Waals surface area contributed by atoms with E-state index in [2.05, 4.69) is 65.6 Å². The predicted molar refractivity (Wildman–Crippen MR) is 127 cm³/mol. The Bertz CT molecular complexity index is 821. The SMILES string of the molecule is CCOC(=O)C(OCCOCCN1CCC(c2ccccc2)(c2ccccc2)CC1)C(C)=O. The van der Waals surface area contributed by atoms with Gasteiger partial charge >= 0.3 is 5.97 Å². The molecule has 1 aliphatic rings. The van der Waals surface area contributed by atoms with Crippen molar-refractivity contribution in [3.63, 3.8) is 0 Å². The maximum atomic E-state index is 11.8. The molecule has 1 fully saturated rings. The van der Waals surface area contributed by atoms with Crippen LogP contribution in [0.15, 0.2) is 60.7 Å². The van der Waals surface area contributed by atoms with E-state index < -0.39 is 12.1 Å². The number of Topliss-reactive ketones (excluding diaryl/α,β-unsaturated/α-hetero) is 1. The summed E-state index contributed by atoms with van der Waals surface area (Å²) in [6.45, 7) is 7.16. The van der Waals surface area contributed by atoms with Gasteiger partial charge in [-0.3, -0.25) is 4.79 Å². The molecule has 1 aliphatic heterocycles. The number of hydrogen-bond acceptors (Lipinski definition) is 6. The average molecular weight is 454 g/mol. The first-order chi connectivity index (χ1) is 16.1. The zero-order valence-corrected chi connectivity index (χ0v) is 19.7. The normalized spacial score (nSPS) is 16.8. The van der Waals surface area contributed by atoms with Gasteiger partial charge in [0.05, 0.1) is 26.4 Å². The van der Waals surface area contributed by atoms with E-state index in [9.17, 15) is 9.59 Å². The van der Waals surface area contributed by atoms with Gasteiger partial charge in [0.1, 0.15) is 0 Å². The van der Waals surface area contributed by atoms with Crippen molar-refractivity contribution in [3.8, 4) is 0 Å². The van der Waals surface area contributed by atoms with E-state index in [1.165, 1.54) is 18.1 Å². The van der Waals surface area contributed by atoms with Crippen LogP contribution in [0.1, 0.15) is 37.8 Å². The van der Waals surface area contributed by atoms with Crippen LogP contribution in [0.25, 0.3) is 0 Å². The average Bonchev–Trinajstić information content (AvgIpc) is 2.85. The van der Waals surface area contributed by atoms with Gasteiger partial charge < -0.3 is 19.1 Å². The number of ether oxygens (including phenoxy) is 3. The smallest absolute Gasteiger partial charge is 0.343 e. The highest BCUT2D eigenvalue weighted by molar-refractivity contribution is 6.00. The second-order valence-electron chi connectivity index (χ2n) is 8.38. The third-order valence-corrected chi connectivity index (χ3v) is 6.30. The Hall–Kier alpha value is -2.54. The van der Waals surface area contributed by atoms with Gasteiger partial charge in [0.2, 0.25) is 6.10 Å². The minimum Gasteiger partial charge on any atom is -0.464 e. The van der Waals surface area contributed by atoms with Crippen LogP contribution < -0.4 is 0 Å². The van der Waals surface area contributed by atoms with E-state index in [4.69, 9.17) is 14.2 Å². The number of ketones is 1. The van der Waals surface area contributed by atoms with Crippen LogP contribution in [0, 0.1) is 0 Å². The molecule has 0 aromatic heterocycles. The van der Waals surface area contributed by atoms with Crippen LogP contribution in [0.3, 0.4) is 0 Å². The number of rotatable bonds is 12. The number of likely N-dealkylation sites (tertiary alicyclic amines) is 1. The summed E-state index contributed by atoms with van der Waals surface area (Å²) in [5.41, 5.74) is 2.81. The second-order valence-corrected chi connectivity index (χ2v) is 8.38. The maximum absolute atomic E-state index is 11.8. The molecule has 0 bridgehead atoms. The van der Waals surface area contributed by atoms with E-state index in [1.807, 2.05) is 0 Å².